The smallest absolute Gasteiger partial charge is 0.301 e. The van der Waals surface area contributed by atoms with E-state index in [0.29, 0.717) is 11.4 Å². The molecule has 2 aromatic heterocycles. The fraction of sp³-hybridized carbons (Fsp3) is 0.267. The summed E-state index contributed by atoms with van der Waals surface area (Å²) >= 11 is 5.94. The Morgan fingerprint density at radius 3 is 2.67 bits per heavy atom. The Kier molecular flexibility index (Phi) is 3.84. The SMILES string of the molecule is COc1c(C)cnc(CN2C(=O)C(=O)c3c(Cl)nc(N)nc32)c1C. The molecule has 0 atom stereocenters. The molecule has 124 valence electrons. The van der Waals surface area contributed by atoms with Crippen molar-refractivity contribution in [3.05, 3.63) is 33.7 Å². The lowest BCUT2D eigenvalue weighted by Gasteiger charge is -2.18. The van der Waals surface area contributed by atoms with Crippen molar-refractivity contribution in [2.75, 3.05) is 17.7 Å². The predicted molar refractivity (Wildman–Crippen MR) is 87.2 cm³/mol. The monoisotopic (exact) mass is 347 g/mol. The van der Waals surface area contributed by atoms with Gasteiger partial charge in [0.05, 0.1) is 19.3 Å². The molecule has 0 radical (unpaired) electrons. The minimum absolute atomic E-state index is 0.0346. The van der Waals surface area contributed by atoms with Crippen molar-refractivity contribution in [2.45, 2.75) is 20.4 Å². The number of nitrogens with zero attached hydrogens (tertiary/aromatic N) is 4. The van der Waals surface area contributed by atoms with Crippen LogP contribution in [0.1, 0.15) is 27.2 Å². The number of anilines is 2. The summed E-state index contributed by atoms with van der Waals surface area (Å²) < 4.78 is 5.36. The fourth-order valence-electron chi connectivity index (χ4n) is 2.68. The van der Waals surface area contributed by atoms with Crippen LogP contribution in [0.15, 0.2) is 6.20 Å². The van der Waals surface area contributed by atoms with Crippen LogP contribution < -0.4 is 15.4 Å². The molecule has 3 rings (SSSR count). The molecule has 2 N–H and O–H groups in total. The van der Waals surface area contributed by atoms with Gasteiger partial charge in [0.15, 0.2) is 5.82 Å². The van der Waals surface area contributed by atoms with Gasteiger partial charge in [0.1, 0.15) is 16.5 Å². The zero-order valence-corrected chi connectivity index (χ0v) is 14.0. The minimum atomic E-state index is -0.758. The molecule has 1 aliphatic rings. The maximum Gasteiger partial charge on any atom is 0.301 e. The summed E-state index contributed by atoms with van der Waals surface area (Å²) in [6.45, 7) is 3.75. The van der Waals surface area contributed by atoms with Crippen LogP contribution in [0, 0.1) is 13.8 Å². The second-order valence-electron chi connectivity index (χ2n) is 5.34. The molecule has 0 aromatic carbocycles. The Bertz CT molecular complexity index is 884. The fourth-order valence-corrected chi connectivity index (χ4v) is 2.94. The van der Waals surface area contributed by atoms with Gasteiger partial charge in [0.25, 0.3) is 5.78 Å². The first-order chi connectivity index (χ1) is 11.3. The van der Waals surface area contributed by atoms with Crippen LogP contribution in [-0.2, 0) is 11.3 Å². The van der Waals surface area contributed by atoms with Gasteiger partial charge < -0.3 is 10.5 Å². The molecular formula is C15H14ClN5O3. The van der Waals surface area contributed by atoms with Crippen LogP contribution >= 0.6 is 11.6 Å². The highest BCUT2D eigenvalue weighted by molar-refractivity contribution is 6.54. The number of carbonyl (C=O) groups excluding carboxylic acids is 2. The largest absolute Gasteiger partial charge is 0.496 e. The molecule has 2 aromatic rings. The van der Waals surface area contributed by atoms with E-state index in [-0.39, 0.29) is 29.0 Å². The highest BCUT2D eigenvalue weighted by Crippen LogP contribution is 2.34. The maximum atomic E-state index is 12.3. The first-order valence-corrected chi connectivity index (χ1v) is 7.41. The van der Waals surface area contributed by atoms with E-state index < -0.39 is 11.7 Å². The second kappa shape index (κ2) is 5.72. The molecule has 0 unspecified atom stereocenters. The number of rotatable bonds is 3. The lowest BCUT2D eigenvalue weighted by molar-refractivity contribution is -0.114. The number of nitrogens with two attached hydrogens (primary N) is 1. The average Bonchev–Trinajstić information content (AvgIpc) is 2.75. The molecule has 0 aliphatic carbocycles. The third kappa shape index (κ3) is 2.35. The van der Waals surface area contributed by atoms with Crippen LogP contribution in [-0.4, -0.2) is 33.8 Å². The standard InChI is InChI=1S/C15H14ClN5O3/c1-6-4-18-8(7(2)11(6)24-3)5-21-13-9(10(22)14(21)23)12(16)19-15(17)20-13/h4H,5H2,1-3H3,(H2,17,19,20). The number of methoxy groups -OCH3 is 1. The van der Waals surface area contributed by atoms with Crippen molar-refractivity contribution >= 4 is 35.1 Å². The van der Waals surface area contributed by atoms with E-state index in [9.17, 15) is 9.59 Å². The summed E-state index contributed by atoms with van der Waals surface area (Å²) in [5.74, 6) is -0.835. The number of halogens is 1. The van der Waals surface area contributed by atoms with E-state index in [1.165, 1.54) is 4.90 Å². The van der Waals surface area contributed by atoms with Gasteiger partial charge in [0, 0.05) is 17.3 Å². The van der Waals surface area contributed by atoms with E-state index in [2.05, 4.69) is 15.0 Å². The van der Waals surface area contributed by atoms with Gasteiger partial charge in [-0.2, -0.15) is 4.98 Å². The summed E-state index contributed by atoms with van der Waals surface area (Å²) in [5, 5.41) is -0.135. The molecule has 8 nitrogen and oxygen atoms in total. The molecule has 24 heavy (non-hydrogen) atoms. The molecule has 0 spiro atoms. The van der Waals surface area contributed by atoms with Gasteiger partial charge >= 0.3 is 5.91 Å². The first kappa shape index (κ1) is 16.1. The Hall–Kier alpha value is -2.74. The predicted octanol–water partition coefficient (Wildman–Crippen LogP) is 1.46. The van der Waals surface area contributed by atoms with Crippen LogP contribution in [0.25, 0.3) is 0 Å². The third-order valence-electron chi connectivity index (χ3n) is 3.84. The Labute approximate surface area is 142 Å². The summed E-state index contributed by atoms with van der Waals surface area (Å²) in [5.41, 5.74) is 7.78. The maximum absolute atomic E-state index is 12.3. The molecule has 3 heterocycles. The van der Waals surface area contributed by atoms with Gasteiger partial charge in [-0.1, -0.05) is 11.6 Å². The van der Waals surface area contributed by atoms with Gasteiger partial charge in [-0.3, -0.25) is 19.5 Å². The summed E-state index contributed by atoms with van der Waals surface area (Å²) in [6, 6.07) is 0. The quantitative estimate of drug-likeness (QED) is 0.660. The number of hydrogen-bond acceptors (Lipinski definition) is 7. The van der Waals surface area contributed by atoms with Crippen molar-refractivity contribution in [1.29, 1.82) is 0 Å². The molecule has 9 heteroatoms. The topological polar surface area (TPSA) is 111 Å². The molecular weight excluding hydrogens is 334 g/mol. The van der Waals surface area contributed by atoms with Gasteiger partial charge in [-0.15, -0.1) is 0 Å². The van der Waals surface area contributed by atoms with E-state index >= 15 is 0 Å². The third-order valence-corrected chi connectivity index (χ3v) is 4.12. The van der Waals surface area contributed by atoms with Crippen LogP contribution in [0.5, 0.6) is 5.75 Å². The number of aromatic nitrogens is 3. The number of hydrogen-bond donors (Lipinski definition) is 1. The number of fused-ring (bicyclic) bond motifs is 1. The lowest BCUT2D eigenvalue weighted by atomic mass is 10.1. The van der Waals surface area contributed by atoms with E-state index in [1.807, 2.05) is 13.8 Å². The number of amides is 1. The molecule has 0 fully saturated rings. The number of carbonyl (C=O) groups is 2. The Morgan fingerprint density at radius 1 is 1.29 bits per heavy atom. The normalized spacial score (nSPS) is 13.4. The highest BCUT2D eigenvalue weighted by atomic mass is 35.5. The van der Waals surface area contributed by atoms with Gasteiger partial charge in [-0.05, 0) is 13.8 Å². The van der Waals surface area contributed by atoms with E-state index in [0.717, 1.165) is 11.1 Å². The van der Waals surface area contributed by atoms with Crippen molar-refractivity contribution in [3.8, 4) is 5.75 Å². The second-order valence-corrected chi connectivity index (χ2v) is 5.70. The number of nitrogen functional groups attached to an aromatic ring is 1. The zero-order chi connectivity index (χ0) is 17.6. The van der Waals surface area contributed by atoms with Crippen molar-refractivity contribution in [3.63, 3.8) is 0 Å². The Morgan fingerprint density at radius 2 is 2.00 bits per heavy atom. The number of Topliss-reactive ketones (excluding diaryl/α,β-unsaturated/α-hetero) is 1. The first-order valence-electron chi connectivity index (χ1n) is 7.03. The average molecular weight is 348 g/mol. The van der Waals surface area contributed by atoms with E-state index in [4.69, 9.17) is 22.1 Å². The van der Waals surface area contributed by atoms with Crippen LogP contribution in [0.4, 0.5) is 11.8 Å². The summed E-state index contributed by atoms with van der Waals surface area (Å²) in [7, 11) is 1.56. The minimum Gasteiger partial charge on any atom is -0.496 e. The van der Waals surface area contributed by atoms with Crippen LogP contribution in [0.2, 0.25) is 5.15 Å². The molecule has 0 bridgehead atoms. The van der Waals surface area contributed by atoms with Crippen LogP contribution in [0.3, 0.4) is 0 Å². The highest BCUT2D eigenvalue weighted by Gasteiger charge is 2.40. The van der Waals surface area contributed by atoms with Crippen molar-refractivity contribution < 1.29 is 14.3 Å². The molecule has 0 saturated carbocycles. The van der Waals surface area contributed by atoms with Crippen molar-refractivity contribution in [1.82, 2.24) is 15.0 Å². The van der Waals surface area contributed by atoms with E-state index in [1.54, 1.807) is 13.3 Å². The van der Waals surface area contributed by atoms with Gasteiger partial charge in [0.2, 0.25) is 5.95 Å². The zero-order valence-electron chi connectivity index (χ0n) is 13.3. The molecule has 0 saturated heterocycles. The lowest BCUT2D eigenvalue weighted by Crippen LogP contribution is -2.30. The summed E-state index contributed by atoms with van der Waals surface area (Å²) in [6.07, 6.45) is 1.64. The number of ether oxygens (including phenoxy) is 1. The Balaban J connectivity index is 2.07. The number of pyridine rings is 1. The molecule has 1 amide bonds. The number of ketones is 1. The van der Waals surface area contributed by atoms with Gasteiger partial charge in [-0.25, -0.2) is 4.98 Å². The van der Waals surface area contributed by atoms with Crippen molar-refractivity contribution in [2.24, 2.45) is 0 Å². The molecule has 1 aliphatic heterocycles. The summed E-state index contributed by atoms with van der Waals surface area (Å²) in [4.78, 5) is 37.7. The number of aryl methyl sites for hydroxylation is 1.